The standard InChI is InChI=1S/C13H20BrN3O/c1-3-4-11-5-13(16-9-15-11)17-7-12(6-14)18-8-10(17)2/h5,9-10,12H,3-4,6-8H2,1-2H3. The molecule has 18 heavy (non-hydrogen) atoms. The molecule has 0 amide bonds. The lowest BCUT2D eigenvalue weighted by molar-refractivity contribution is 0.0376. The van der Waals surface area contributed by atoms with Gasteiger partial charge in [0.15, 0.2) is 0 Å². The van der Waals surface area contributed by atoms with E-state index in [0.29, 0.717) is 6.04 Å². The highest BCUT2D eigenvalue weighted by molar-refractivity contribution is 9.09. The summed E-state index contributed by atoms with van der Waals surface area (Å²) in [5.74, 6) is 1.02. The summed E-state index contributed by atoms with van der Waals surface area (Å²) in [6.07, 6.45) is 4.03. The van der Waals surface area contributed by atoms with Gasteiger partial charge in [0, 0.05) is 23.6 Å². The minimum Gasteiger partial charge on any atom is -0.373 e. The van der Waals surface area contributed by atoms with Crippen LogP contribution in [0.25, 0.3) is 0 Å². The first-order valence-corrected chi connectivity index (χ1v) is 7.61. The lowest BCUT2D eigenvalue weighted by atomic mass is 10.2. The van der Waals surface area contributed by atoms with Crippen LogP contribution in [0.5, 0.6) is 0 Å². The second-order valence-electron chi connectivity index (χ2n) is 4.73. The van der Waals surface area contributed by atoms with Crippen LogP contribution in [0.1, 0.15) is 26.0 Å². The summed E-state index contributed by atoms with van der Waals surface area (Å²) in [5.41, 5.74) is 1.12. The molecule has 100 valence electrons. The quantitative estimate of drug-likeness (QED) is 0.800. The molecule has 0 saturated carbocycles. The van der Waals surface area contributed by atoms with Crippen LogP contribution in [-0.4, -0.2) is 40.6 Å². The summed E-state index contributed by atoms with van der Waals surface area (Å²) >= 11 is 3.49. The summed E-state index contributed by atoms with van der Waals surface area (Å²) < 4.78 is 5.74. The maximum atomic E-state index is 5.74. The van der Waals surface area contributed by atoms with Crippen molar-refractivity contribution in [1.82, 2.24) is 9.97 Å². The first-order chi connectivity index (χ1) is 8.74. The molecule has 2 heterocycles. The average molecular weight is 314 g/mol. The number of hydrogen-bond acceptors (Lipinski definition) is 4. The van der Waals surface area contributed by atoms with Crippen LogP contribution >= 0.6 is 15.9 Å². The number of anilines is 1. The lowest BCUT2D eigenvalue weighted by Crippen LogP contribution is -2.49. The van der Waals surface area contributed by atoms with Gasteiger partial charge >= 0.3 is 0 Å². The van der Waals surface area contributed by atoms with E-state index in [-0.39, 0.29) is 6.10 Å². The second kappa shape index (κ2) is 6.48. The van der Waals surface area contributed by atoms with Gasteiger partial charge in [-0.1, -0.05) is 29.3 Å². The number of rotatable bonds is 4. The summed E-state index contributed by atoms with van der Waals surface area (Å²) in [4.78, 5) is 11.0. The predicted octanol–water partition coefficient (Wildman–Crippen LogP) is 2.42. The number of halogens is 1. The van der Waals surface area contributed by atoms with E-state index in [0.717, 1.165) is 42.8 Å². The zero-order valence-corrected chi connectivity index (χ0v) is 12.6. The SMILES string of the molecule is CCCc1cc(N2CC(CBr)OCC2C)ncn1. The Morgan fingerprint density at radius 3 is 3.06 bits per heavy atom. The molecule has 1 fully saturated rings. The summed E-state index contributed by atoms with van der Waals surface area (Å²) in [6.45, 7) is 5.98. The van der Waals surface area contributed by atoms with Crippen molar-refractivity contribution in [2.75, 3.05) is 23.4 Å². The van der Waals surface area contributed by atoms with Crippen molar-refractivity contribution < 1.29 is 4.74 Å². The van der Waals surface area contributed by atoms with Crippen LogP contribution < -0.4 is 4.90 Å². The minimum atomic E-state index is 0.241. The first kappa shape index (κ1) is 13.7. The molecule has 0 bridgehead atoms. The van der Waals surface area contributed by atoms with Crippen LogP contribution in [0, 0.1) is 0 Å². The molecular weight excluding hydrogens is 294 g/mol. The maximum Gasteiger partial charge on any atom is 0.132 e. The van der Waals surface area contributed by atoms with E-state index >= 15 is 0 Å². The monoisotopic (exact) mass is 313 g/mol. The van der Waals surface area contributed by atoms with Crippen molar-refractivity contribution in [2.24, 2.45) is 0 Å². The zero-order valence-electron chi connectivity index (χ0n) is 11.0. The predicted molar refractivity (Wildman–Crippen MR) is 76.4 cm³/mol. The third-order valence-electron chi connectivity index (χ3n) is 3.19. The Labute approximate surface area is 117 Å². The van der Waals surface area contributed by atoms with Crippen molar-refractivity contribution in [1.29, 1.82) is 0 Å². The fraction of sp³-hybridized carbons (Fsp3) is 0.692. The first-order valence-electron chi connectivity index (χ1n) is 6.49. The van der Waals surface area contributed by atoms with Crippen molar-refractivity contribution in [3.8, 4) is 0 Å². The van der Waals surface area contributed by atoms with E-state index in [2.05, 4.69) is 50.7 Å². The van der Waals surface area contributed by atoms with Gasteiger partial charge in [0.05, 0.1) is 18.8 Å². The Morgan fingerprint density at radius 2 is 2.33 bits per heavy atom. The largest absolute Gasteiger partial charge is 0.373 e. The summed E-state index contributed by atoms with van der Waals surface area (Å²) in [6, 6.07) is 2.47. The summed E-state index contributed by atoms with van der Waals surface area (Å²) in [7, 11) is 0. The number of aromatic nitrogens is 2. The van der Waals surface area contributed by atoms with Gasteiger partial charge in [0.2, 0.25) is 0 Å². The highest BCUT2D eigenvalue weighted by Gasteiger charge is 2.26. The van der Waals surface area contributed by atoms with Crippen molar-refractivity contribution in [3.63, 3.8) is 0 Å². The molecule has 1 aliphatic heterocycles. The molecule has 1 saturated heterocycles. The third-order valence-corrected chi connectivity index (χ3v) is 3.91. The Bertz CT molecular complexity index is 388. The van der Waals surface area contributed by atoms with Crippen LogP contribution in [0.3, 0.4) is 0 Å². The van der Waals surface area contributed by atoms with Gasteiger partial charge in [0.25, 0.3) is 0 Å². The van der Waals surface area contributed by atoms with Gasteiger partial charge in [-0.3, -0.25) is 0 Å². The van der Waals surface area contributed by atoms with Crippen LogP contribution in [0.15, 0.2) is 12.4 Å². The molecule has 2 atom stereocenters. The molecule has 4 nitrogen and oxygen atoms in total. The molecule has 0 spiro atoms. The van der Waals surface area contributed by atoms with Crippen LogP contribution in [-0.2, 0) is 11.2 Å². The van der Waals surface area contributed by atoms with Gasteiger partial charge in [-0.25, -0.2) is 9.97 Å². The molecule has 5 heteroatoms. The number of aryl methyl sites for hydroxylation is 1. The van der Waals surface area contributed by atoms with E-state index in [9.17, 15) is 0 Å². The molecule has 1 aromatic rings. The number of alkyl halides is 1. The molecule has 0 aliphatic carbocycles. The Kier molecular flexibility index (Phi) is 4.95. The number of morpholine rings is 1. The molecule has 1 aromatic heterocycles. The molecule has 0 N–H and O–H groups in total. The smallest absolute Gasteiger partial charge is 0.132 e. The Morgan fingerprint density at radius 1 is 1.50 bits per heavy atom. The molecule has 2 unspecified atom stereocenters. The van der Waals surface area contributed by atoms with Crippen molar-refractivity contribution >= 4 is 21.7 Å². The van der Waals surface area contributed by atoms with E-state index in [1.165, 1.54) is 0 Å². The maximum absolute atomic E-state index is 5.74. The molecule has 1 aliphatic rings. The number of nitrogens with zero attached hydrogens (tertiary/aromatic N) is 3. The molecule has 0 radical (unpaired) electrons. The lowest BCUT2D eigenvalue weighted by Gasteiger charge is -2.38. The number of hydrogen-bond donors (Lipinski definition) is 0. The van der Waals surface area contributed by atoms with Crippen LogP contribution in [0.2, 0.25) is 0 Å². The van der Waals surface area contributed by atoms with Crippen molar-refractivity contribution in [3.05, 3.63) is 18.1 Å². The van der Waals surface area contributed by atoms with E-state index in [4.69, 9.17) is 4.74 Å². The number of ether oxygens (including phenoxy) is 1. The molecular formula is C13H20BrN3O. The fourth-order valence-electron chi connectivity index (χ4n) is 2.17. The fourth-order valence-corrected chi connectivity index (χ4v) is 2.56. The third kappa shape index (κ3) is 3.20. The highest BCUT2D eigenvalue weighted by Crippen LogP contribution is 2.21. The Balaban J connectivity index is 2.15. The minimum absolute atomic E-state index is 0.241. The second-order valence-corrected chi connectivity index (χ2v) is 5.38. The van der Waals surface area contributed by atoms with E-state index < -0.39 is 0 Å². The van der Waals surface area contributed by atoms with Gasteiger partial charge in [-0.15, -0.1) is 0 Å². The van der Waals surface area contributed by atoms with Gasteiger partial charge in [-0.2, -0.15) is 0 Å². The van der Waals surface area contributed by atoms with Gasteiger partial charge < -0.3 is 9.64 Å². The topological polar surface area (TPSA) is 38.2 Å². The van der Waals surface area contributed by atoms with Gasteiger partial charge in [-0.05, 0) is 13.3 Å². The molecule has 0 aromatic carbocycles. The highest BCUT2D eigenvalue weighted by atomic mass is 79.9. The van der Waals surface area contributed by atoms with Gasteiger partial charge in [0.1, 0.15) is 12.1 Å². The van der Waals surface area contributed by atoms with E-state index in [1.807, 2.05) is 0 Å². The van der Waals surface area contributed by atoms with E-state index in [1.54, 1.807) is 6.33 Å². The van der Waals surface area contributed by atoms with Crippen molar-refractivity contribution in [2.45, 2.75) is 38.8 Å². The zero-order chi connectivity index (χ0) is 13.0. The summed E-state index contributed by atoms with van der Waals surface area (Å²) in [5, 5.41) is 0.864. The molecule has 2 rings (SSSR count). The Hall–Kier alpha value is -0.680. The van der Waals surface area contributed by atoms with Crippen LogP contribution in [0.4, 0.5) is 5.82 Å². The average Bonchev–Trinajstić information content (AvgIpc) is 2.40. The normalized spacial score (nSPS) is 24.3.